The maximum absolute atomic E-state index is 12.2. The van der Waals surface area contributed by atoms with Gasteiger partial charge in [-0.2, -0.15) is 5.10 Å². The van der Waals surface area contributed by atoms with Gasteiger partial charge in [-0.05, 0) is 18.1 Å². The van der Waals surface area contributed by atoms with Gasteiger partial charge in [0, 0.05) is 32.5 Å². The van der Waals surface area contributed by atoms with Gasteiger partial charge in [-0.15, -0.1) is 12.4 Å². The number of carbonyl (C=O) groups is 2. The van der Waals surface area contributed by atoms with E-state index in [4.69, 9.17) is 5.73 Å². The molecule has 146 valence electrons. The fourth-order valence-electron chi connectivity index (χ4n) is 3.16. The summed E-state index contributed by atoms with van der Waals surface area (Å²) in [6.45, 7) is 4.05. The van der Waals surface area contributed by atoms with E-state index in [9.17, 15) is 9.59 Å². The van der Waals surface area contributed by atoms with Gasteiger partial charge >= 0.3 is 0 Å². The molecule has 2 amide bonds. The van der Waals surface area contributed by atoms with Crippen LogP contribution in [0, 0.1) is 0 Å². The Balaban J connectivity index is 0.00000261. The zero-order chi connectivity index (χ0) is 18.5. The third-order valence-electron chi connectivity index (χ3n) is 4.61. The first-order valence-corrected chi connectivity index (χ1v) is 8.91. The smallest absolute Gasteiger partial charge is 0.222 e. The number of nitrogens with two attached hydrogens (primary N) is 1. The van der Waals surface area contributed by atoms with Gasteiger partial charge in [-0.25, -0.2) is 0 Å². The molecule has 7 nitrogen and oxygen atoms in total. The first-order valence-electron chi connectivity index (χ1n) is 8.91. The van der Waals surface area contributed by atoms with E-state index in [1.165, 1.54) is 0 Å². The number of hydrogen-bond donors (Lipinski definition) is 2. The lowest BCUT2D eigenvalue weighted by atomic mass is 10.0. The van der Waals surface area contributed by atoms with Gasteiger partial charge in [0.25, 0.3) is 0 Å². The number of aryl methyl sites for hydroxylation is 1. The summed E-state index contributed by atoms with van der Waals surface area (Å²) in [6, 6.07) is 11.2. The van der Waals surface area contributed by atoms with Gasteiger partial charge in [0.05, 0.1) is 24.5 Å². The Bertz CT molecular complexity index is 778. The van der Waals surface area contributed by atoms with Crippen molar-refractivity contribution in [2.24, 2.45) is 5.73 Å². The SMILES string of the molecule is CC(=O)N1CCCn2nc(CNC(=O)CC(N)c3ccccc3)cc2C1.Cl. The highest BCUT2D eigenvalue weighted by atomic mass is 35.5. The minimum atomic E-state index is -0.320. The topological polar surface area (TPSA) is 93.2 Å². The van der Waals surface area contributed by atoms with E-state index in [1.807, 2.05) is 46.0 Å². The summed E-state index contributed by atoms with van der Waals surface area (Å²) in [5.74, 6) is -0.0284. The van der Waals surface area contributed by atoms with Crippen molar-refractivity contribution < 1.29 is 9.59 Å². The molecule has 0 bridgehead atoms. The molecule has 2 heterocycles. The second-order valence-electron chi connectivity index (χ2n) is 6.64. The van der Waals surface area contributed by atoms with Crippen LogP contribution < -0.4 is 11.1 Å². The average molecular weight is 392 g/mol. The number of nitrogens with zero attached hydrogens (tertiary/aromatic N) is 3. The molecule has 0 saturated carbocycles. The number of nitrogens with one attached hydrogen (secondary N) is 1. The monoisotopic (exact) mass is 391 g/mol. The predicted octanol–water partition coefficient (Wildman–Crippen LogP) is 1.76. The lowest BCUT2D eigenvalue weighted by Crippen LogP contribution is -2.28. The van der Waals surface area contributed by atoms with Crippen LogP contribution in [-0.2, 0) is 29.2 Å². The van der Waals surface area contributed by atoms with Gasteiger partial charge in [0.1, 0.15) is 0 Å². The van der Waals surface area contributed by atoms with Crippen molar-refractivity contribution in [3.8, 4) is 0 Å². The van der Waals surface area contributed by atoms with Crippen LogP contribution in [0.4, 0.5) is 0 Å². The summed E-state index contributed by atoms with van der Waals surface area (Å²) in [5.41, 5.74) is 8.83. The zero-order valence-electron chi connectivity index (χ0n) is 15.4. The Hall–Kier alpha value is -2.38. The molecular formula is C19H26ClN5O2. The Kier molecular flexibility index (Phi) is 7.38. The first kappa shape index (κ1) is 20.9. The highest BCUT2D eigenvalue weighted by Crippen LogP contribution is 2.15. The van der Waals surface area contributed by atoms with Crippen molar-refractivity contribution in [2.75, 3.05) is 6.54 Å². The third-order valence-corrected chi connectivity index (χ3v) is 4.61. The van der Waals surface area contributed by atoms with E-state index in [-0.39, 0.29) is 36.7 Å². The van der Waals surface area contributed by atoms with Crippen molar-refractivity contribution in [3.05, 3.63) is 53.3 Å². The van der Waals surface area contributed by atoms with E-state index in [0.29, 0.717) is 13.1 Å². The zero-order valence-corrected chi connectivity index (χ0v) is 16.2. The normalized spacial score (nSPS) is 14.5. The molecule has 1 unspecified atom stereocenters. The second-order valence-corrected chi connectivity index (χ2v) is 6.64. The molecule has 0 radical (unpaired) electrons. The standard InChI is InChI=1S/C19H25N5O2.ClH/c1-14(25)23-8-5-9-24-17(13-23)10-16(22-24)12-21-19(26)11-18(20)15-6-3-2-4-7-15;/h2-4,6-7,10,18H,5,8-9,11-13,20H2,1H3,(H,21,26);1H. The summed E-state index contributed by atoms with van der Waals surface area (Å²) in [7, 11) is 0. The van der Waals surface area contributed by atoms with E-state index >= 15 is 0 Å². The van der Waals surface area contributed by atoms with E-state index in [1.54, 1.807) is 6.92 Å². The Labute approximate surface area is 165 Å². The molecule has 0 fully saturated rings. The highest BCUT2D eigenvalue weighted by Gasteiger charge is 2.18. The number of carbonyl (C=O) groups excluding carboxylic acids is 2. The number of benzene rings is 1. The summed E-state index contributed by atoms with van der Waals surface area (Å²) >= 11 is 0. The van der Waals surface area contributed by atoms with E-state index in [2.05, 4.69) is 10.4 Å². The molecule has 0 aliphatic carbocycles. The molecule has 2 aromatic rings. The largest absolute Gasteiger partial charge is 0.350 e. The van der Waals surface area contributed by atoms with Crippen molar-refractivity contribution in [2.45, 2.75) is 45.4 Å². The molecule has 0 spiro atoms. The molecule has 27 heavy (non-hydrogen) atoms. The molecule has 1 aromatic carbocycles. The number of aromatic nitrogens is 2. The fraction of sp³-hybridized carbons (Fsp3) is 0.421. The maximum atomic E-state index is 12.2. The second kappa shape index (κ2) is 9.53. The highest BCUT2D eigenvalue weighted by molar-refractivity contribution is 5.85. The predicted molar refractivity (Wildman–Crippen MR) is 105 cm³/mol. The Morgan fingerprint density at radius 2 is 2.00 bits per heavy atom. The average Bonchev–Trinajstić information content (AvgIpc) is 2.90. The molecule has 1 aliphatic rings. The van der Waals surface area contributed by atoms with Crippen LogP contribution in [0.1, 0.15) is 42.8 Å². The summed E-state index contributed by atoms with van der Waals surface area (Å²) in [6.07, 6.45) is 1.11. The summed E-state index contributed by atoms with van der Waals surface area (Å²) < 4.78 is 1.93. The van der Waals surface area contributed by atoms with Gasteiger partial charge in [-0.1, -0.05) is 30.3 Å². The van der Waals surface area contributed by atoms with Crippen molar-refractivity contribution >= 4 is 24.2 Å². The first-order chi connectivity index (χ1) is 12.5. The van der Waals surface area contributed by atoms with Crippen LogP contribution in [-0.4, -0.2) is 33.0 Å². The van der Waals surface area contributed by atoms with Crippen molar-refractivity contribution in [1.29, 1.82) is 0 Å². The molecule has 1 aromatic heterocycles. The minimum Gasteiger partial charge on any atom is -0.350 e. The molecule has 8 heteroatoms. The molecule has 3 rings (SSSR count). The van der Waals surface area contributed by atoms with E-state index in [0.717, 1.165) is 36.5 Å². The van der Waals surface area contributed by atoms with Crippen LogP contribution in [0.5, 0.6) is 0 Å². The summed E-state index contributed by atoms with van der Waals surface area (Å²) in [4.78, 5) is 25.6. The van der Waals surface area contributed by atoms with Gasteiger partial charge in [0.15, 0.2) is 0 Å². The lowest BCUT2D eigenvalue weighted by molar-refractivity contribution is -0.129. The Morgan fingerprint density at radius 3 is 2.70 bits per heavy atom. The molecule has 3 N–H and O–H groups in total. The summed E-state index contributed by atoms with van der Waals surface area (Å²) in [5, 5.41) is 7.43. The molecular weight excluding hydrogens is 366 g/mol. The third kappa shape index (κ3) is 5.55. The molecule has 1 atom stereocenters. The number of amides is 2. The molecule has 1 aliphatic heterocycles. The van der Waals surface area contributed by atoms with Gasteiger partial charge in [0.2, 0.25) is 11.8 Å². The van der Waals surface area contributed by atoms with Crippen LogP contribution in [0.3, 0.4) is 0 Å². The minimum absolute atomic E-state index is 0. The van der Waals surface area contributed by atoms with Crippen molar-refractivity contribution in [1.82, 2.24) is 20.0 Å². The van der Waals surface area contributed by atoms with Gasteiger partial charge in [-0.3, -0.25) is 14.3 Å². The van der Waals surface area contributed by atoms with Crippen LogP contribution in [0.25, 0.3) is 0 Å². The van der Waals surface area contributed by atoms with E-state index < -0.39 is 0 Å². The number of hydrogen-bond acceptors (Lipinski definition) is 4. The van der Waals surface area contributed by atoms with Crippen LogP contribution in [0.2, 0.25) is 0 Å². The van der Waals surface area contributed by atoms with Gasteiger partial charge < -0.3 is 16.0 Å². The number of rotatable bonds is 5. The maximum Gasteiger partial charge on any atom is 0.222 e. The Morgan fingerprint density at radius 1 is 1.26 bits per heavy atom. The van der Waals surface area contributed by atoms with Crippen LogP contribution in [0.15, 0.2) is 36.4 Å². The number of halogens is 1. The number of fused-ring (bicyclic) bond motifs is 1. The fourth-order valence-corrected chi connectivity index (χ4v) is 3.16. The molecule has 0 saturated heterocycles. The quantitative estimate of drug-likeness (QED) is 0.812. The van der Waals surface area contributed by atoms with Crippen molar-refractivity contribution in [3.63, 3.8) is 0 Å². The lowest BCUT2D eigenvalue weighted by Gasteiger charge is -2.17. The van der Waals surface area contributed by atoms with Crippen LogP contribution >= 0.6 is 12.4 Å².